The Morgan fingerprint density at radius 3 is 2.78 bits per heavy atom. The molecule has 0 saturated carbocycles. The van der Waals surface area contributed by atoms with Crippen molar-refractivity contribution in [3.8, 4) is 0 Å². The quantitative estimate of drug-likeness (QED) is 0.825. The van der Waals surface area contributed by atoms with Crippen molar-refractivity contribution in [2.45, 2.75) is 45.1 Å². The van der Waals surface area contributed by atoms with E-state index in [1.807, 2.05) is 6.07 Å². The van der Waals surface area contributed by atoms with Gasteiger partial charge < -0.3 is 10.4 Å². The number of thiophene rings is 1. The minimum absolute atomic E-state index is 0.275. The molecule has 0 aliphatic heterocycles. The fourth-order valence-electron chi connectivity index (χ4n) is 2.11. The summed E-state index contributed by atoms with van der Waals surface area (Å²) >= 11 is 1.51. The molecule has 4 nitrogen and oxygen atoms in total. The fraction of sp³-hybridized carbons (Fsp3) is 0.538. The third kappa shape index (κ3) is 2.90. The van der Waals surface area contributed by atoms with Gasteiger partial charge in [-0.05, 0) is 44.2 Å². The van der Waals surface area contributed by atoms with Crippen molar-refractivity contribution in [1.29, 1.82) is 0 Å². The van der Waals surface area contributed by atoms with E-state index in [4.69, 9.17) is 5.11 Å². The Labute approximate surface area is 110 Å². The Kier molecular flexibility index (Phi) is 4.01. The van der Waals surface area contributed by atoms with Gasteiger partial charge in [-0.15, -0.1) is 11.3 Å². The van der Waals surface area contributed by atoms with E-state index in [-0.39, 0.29) is 5.91 Å². The Balaban J connectivity index is 2.09. The van der Waals surface area contributed by atoms with Gasteiger partial charge in [-0.25, -0.2) is 0 Å². The smallest absolute Gasteiger partial charge is 0.325 e. The highest BCUT2D eigenvalue weighted by Crippen LogP contribution is 2.28. The molecule has 2 rings (SSSR count). The van der Waals surface area contributed by atoms with Crippen LogP contribution in [0.25, 0.3) is 0 Å². The minimum atomic E-state index is -1.01. The van der Waals surface area contributed by atoms with E-state index in [9.17, 15) is 9.59 Å². The molecule has 0 radical (unpaired) electrons. The Morgan fingerprint density at radius 1 is 1.33 bits per heavy atom. The number of hydrogen-bond donors (Lipinski definition) is 2. The predicted molar refractivity (Wildman–Crippen MR) is 70.1 cm³/mol. The maximum absolute atomic E-state index is 11.9. The summed E-state index contributed by atoms with van der Waals surface area (Å²) in [5.74, 6) is -1.29. The first-order valence-corrected chi connectivity index (χ1v) is 7.05. The van der Waals surface area contributed by atoms with Crippen molar-refractivity contribution >= 4 is 23.2 Å². The second-order valence-corrected chi connectivity index (χ2v) is 5.79. The lowest BCUT2D eigenvalue weighted by Crippen LogP contribution is -2.37. The molecule has 5 heteroatoms. The van der Waals surface area contributed by atoms with E-state index in [1.54, 1.807) is 0 Å². The number of nitrogens with one attached hydrogen (secondary N) is 1. The maximum Gasteiger partial charge on any atom is 0.325 e. The molecule has 98 valence electrons. The number of aliphatic carboxylic acids is 1. The number of amides is 1. The number of carbonyl (C=O) groups excluding carboxylic acids is 1. The molecule has 1 aliphatic carbocycles. The molecule has 1 aromatic heterocycles. The molecule has 2 N–H and O–H groups in total. The van der Waals surface area contributed by atoms with Crippen molar-refractivity contribution in [2.75, 3.05) is 0 Å². The summed E-state index contributed by atoms with van der Waals surface area (Å²) in [5.41, 5.74) is 1.27. The lowest BCUT2D eigenvalue weighted by atomic mass is 10.1. The van der Waals surface area contributed by atoms with Gasteiger partial charge in [0.15, 0.2) is 0 Å². The second-order valence-electron chi connectivity index (χ2n) is 4.65. The summed E-state index contributed by atoms with van der Waals surface area (Å²) in [6.07, 6.45) is 5.69. The zero-order valence-corrected chi connectivity index (χ0v) is 11.2. The van der Waals surface area contributed by atoms with E-state index >= 15 is 0 Å². The van der Waals surface area contributed by atoms with Crippen molar-refractivity contribution in [3.63, 3.8) is 0 Å². The average molecular weight is 267 g/mol. The zero-order chi connectivity index (χ0) is 13.1. The number of aryl methyl sites for hydroxylation is 2. The first-order valence-electron chi connectivity index (χ1n) is 6.23. The Hall–Kier alpha value is -1.36. The first-order chi connectivity index (χ1) is 8.58. The minimum Gasteiger partial charge on any atom is -0.480 e. The third-order valence-electron chi connectivity index (χ3n) is 3.19. The van der Waals surface area contributed by atoms with Gasteiger partial charge in [-0.1, -0.05) is 6.42 Å². The van der Waals surface area contributed by atoms with Crippen LogP contribution in [-0.2, 0) is 17.6 Å². The van der Waals surface area contributed by atoms with Gasteiger partial charge in [0.05, 0.1) is 4.88 Å². The fourth-order valence-corrected chi connectivity index (χ4v) is 3.27. The molecule has 1 aliphatic rings. The van der Waals surface area contributed by atoms with E-state index in [2.05, 4.69) is 5.32 Å². The van der Waals surface area contributed by atoms with Crippen LogP contribution in [0.3, 0.4) is 0 Å². The monoisotopic (exact) mass is 267 g/mol. The van der Waals surface area contributed by atoms with Gasteiger partial charge in [0.2, 0.25) is 0 Å². The summed E-state index contributed by atoms with van der Waals surface area (Å²) < 4.78 is 0. The van der Waals surface area contributed by atoms with Gasteiger partial charge in [-0.3, -0.25) is 9.59 Å². The molecule has 0 aromatic carbocycles. The van der Waals surface area contributed by atoms with Crippen molar-refractivity contribution in [2.24, 2.45) is 0 Å². The van der Waals surface area contributed by atoms with Crippen LogP contribution in [0, 0.1) is 0 Å². The summed E-state index contributed by atoms with van der Waals surface area (Å²) in [6, 6.07) is 1.08. The summed E-state index contributed by atoms with van der Waals surface area (Å²) in [4.78, 5) is 24.5. The highest BCUT2D eigenvalue weighted by Gasteiger charge is 2.19. The molecule has 0 bridgehead atoms. The number of carboxylic acids is 1. The average Bonchev–Trinajstić information content (AvgIpc) is 2.61. The Bertz CT molecular complexity index is 443. The molecule has 0 fully saturated rings. The van der Waals surface area contributed by atoms with Gasteiger partial charge >= 0.3 is 5.97 Å². The largest absolute Gasteiger partial charge is 0.480 e. The molecular formula is C13H17NO3S. The van der Waals surface area contributed by atoms with E-state index in [1.165, 1.54) is 48.0 Å². The third-order valence-corrected chi connectivity index (χ3v) is 4.42. The van der Waals surface area contributed by atoms with E-state index in [0.29, 0.717) is 4.88 Å². The van der Waals surface area contributed by atoms with Crippen LogP contribution in [0.2, 0.25) is 0 Å². The summed E-state index contributed by atoms with van der Waals surface area (Å²) in [5, 5.41) is 11.3. The molecular weight excluding hydrogens is 250 g/mol. The van der Waals surface area contributed by atoms with E-state index < -0.39 is 12.0 Å². The number of carbonyl (C=O) groups is 2. The molecule has 1 heterocycles. The lowest BCUT2D eigenvalue weighted by molar-refractivity contribution is -0.138. The van der Waals surface area contributed by atoms with Crippen LogP contribution in [0.1, 0.15) is 46.3 Å². The number of hydrogen-bond acceptors (Lipinski definition) is 3. The molecule has 1 atom stereocenters. The van der Waals surface area contributed by atoms with Crippen LogP contribution in [0.15, 0.2) is 6.07 Å². The SMILES string of the molecule is C[C@H](NC(=O)c1cc2c(s1)CCCCC2)C(=O)O. The van der Waals surface area contributed by atoms with Crippen molar-refractivity contribution < 1.29 is 14.7 Å². The zero-order valence-electron chi connectivity index (χ0n) is 10.4. The number of rotatable bonds is 3. The van der Waals surface area contributed by atoms with Crippen LogP contribution < -0.4 is 5.32 Å². The van der Waals surface area contributed by atoms with Gasteiger partial charge in [0, 0.05) is 4.88 Å². The number of fused-ring (bicyclic) bond motifs is 1. The molecule has 1 amide bonds. The van der Waals surface area contributed by atoms with Crippen molar-refractivity contribution in [3.05, 3.63) is 21.4 Å². The van der Waals surface area contributed by atoms with Crippen molar-refractivity contribution in [1.82, 2.24) is 5.32 Å². The summed E-state index contributed by atoms with van der Waals surface area (Å²) in [7, 11) is 0. The molecule has 18 heavy (non-hydrogen) atoms. The van der Waals surface area contributed by atoms with Gasteiger partial charge in [0.1, 0.15) is 6.04 Å². The number of carboxylic acid groups (broad SMARTS) is 1. The normalized spacial score (nSPS) is 16.5. The maximum atomic E-state index is 11.9. The molecule has 0 spiro atoms. The highest BCUT2D eigenvalue weighted by atomic mass is 32.1. The van der Waals surface area contributed by atoms with Crippen LogP contribution in [-0.4, -0.2) is 23.0 Å². The second kappa shape index (κ2) is 5.52. The molecule has 1 aromatic rings. The standard InChI is InChI=1S/C13H17NO3S/c1-8(13(16)17)14-12(15)11-7-9-5-3-2-4-6-10(9)18-11/h7-8H,2-6H2,1H3,(H,14,15)(H,16,17)/t8-/m0/s1. The van der Waals surface area contributed by atoms with E-state index in [0.717, 1.165) is 12.8 Å². The van der Waals surface area contributed by atoms with Gasteiger partial charge in [0.25, 0.3) is 5.91 Å². The lowest BCUT2D eigenvalue weighted by Gasteiger charge is -2.07. The predicted octanol–water partition coefficient (Wildman–Crippen LogP) is 2.22. The molecule has 0 saturated heterocycles. The first kappa shape index (κ1) is 13.1. The summed E-state index contributed by atoms with van der Waals surface area (Å²) in [6.45, 7) is 1.47. The van der Waals surface area contributed by atoms with Crippen LogP contribution in [0.5, 0.6) is 0 Å². The van der Waals surface area contributed by atoms with Crippen LogP contribution in [0.4, 0.5) is 0 Å². The highest BCUT2D eigenvalue weighted by molar-refractivity contribution is 7.14. The topological polar surface area (TPSA) is 66.4 Å². The van der Waals surface area contributed by atoms with Gasteiger partial charge in [-0.2, -0.15) is 0 Å². The van der Waals surface area contributed by atoms with Crippen LogP contribution >= 0.6 is 11.3 Å². The Morgan fingerprint density at radius 2 is 2.06 bits per heavy atom. The molecule has 0 unspecified atom stereocenters.